The lowest BCUT2D eigenvalue weighted by atomic mass is 10.3. The van der Waals surface area contributed by atoms with Crippen LogP contribution in [0.15, 0.2) is 0 Å². The summed E-state index contributed by atoms with van der Waals surface area (Å²) in [6.45, 7) is 2.48. The first kappa shape index (κ1) is 59.3. The summed E-state index contributed by atoms with van der Waals surface area (Å²) in [6.07, 6.45) is -1.71. The Labute approximate surface area is 346 Å². The number of carbonyl (C=O) groups excluding carboxylic acids is 6. The number of likely N-dealkylation sites (N-methyl/N-ethyl adjacent to an activating group) is 3. The van der Waals surface area contributed by atoms with Crippen molar-refractivity contribution in [3.8, 4) is 0 Å². The molecule has 6 amide bonds. The molecule has 5 atom stereocenters. The van der Waals surface area contributed by atoms with E-state index in [1.54, 1.807) is 49.6 Å². The molecule has 0 aliphatic rings. The summed E-state index contributed by atoms with van der Waals surface area (Å²) < 4.78 is 50.9. The van der Waals surface area contributed by atoms with Crippen LogP contribution in [0.25, 0.3) is 0 Å². The van der Waals surface area contributed by atoms with Gasteiger partial charge in [0.2, 0.25) is 23.6 Å². The minimum absolute atomic E-state index is 0.0338. The standard InChI is InChI=1S/C14H29N3O6.C11H22N4O6.C9H20N2O4/c1-16-12(14(15)19)9-22-6-4-5-17-13(18)10-23-8-11(21-3)7-20-2;1-13-8(9(12)16)6-19-7(4-20-10(17)14-2)5-21-11(18)15-3;1-11-8(9(10)12)6-15-5-7(14-3)4-13-2/h11-12,16H,4-10H2,1-3H3,(H2,15,19)(H,17,18);7-8,13H,4-6H2,1-3H3,(H2,12,16)(H,14,17)(H,15,18);7-8,11H,4-6H2,1-3H3,(H2,10,12)/t11?,12-;8-;7?,8-/m000/s1. The van der Waals surface area contributed by atoms with Crippen LogP contribution < -0.4 is 49.1 Å². The predicted octanol–water partition coefficient (Wildman–Crippen LogP) is -4.84. The van der Waals surface area contributed by atoms with Gasteiger partial charge in [0.05, 0.1) is 46.2 Å². The van der Waals surface area contributed by atoms with Crippen LogP contribution in [0.4, 0.5) is 9.59 Å². The highest BCUT2D eigenvalue weighted by Crippen LogP contribution is 1.99. The normalized spacial score (nSPS) is 13.2. The number of amides is 6. The van der Waals surface area contributed by atoms with Crippen LogP contribution in [0.3, 0.4) is 0 Å². The minimum atomic E-state index is -0.727. The Morgan fingerprint density at radius 1 is 0.508 bits per heavy atom. The molecule has 348 valence electrons. The van der Waals surface area contributed by atoms with E-state index < -0.39 is 54.1 Å². The third kappa shape index (κ3) is 35.6. The Morgan fingerprint density at radius 3 is 1.32 bits per heavy atom. The van der Waals surface area contributed by atoms with Crippen LogP contribution >= 0.6 is 0 Å². The van der Waals surface area contributed by atoms with Gasteiger partial charge >= 0.3 is 12.2 Å². The molecule has 0 aliphatic heterocycles. The molecule has 0 heterocycles. The smallest absolute Gasteiger partial charge is 0.406 e. The Morgan fingerprint density at radius 2 is 0.932 bits per heavy atom. The second kappa shape index (κ2) is 40.7. The Balaban J connectivity index is -0.000000815. The average Bonchev–Trinajstić information content (AvgIpc) is 3.21. The monoisotopic (exact) mass is 862 g/mol. The van der Waals surface area contributed by atoms with Crippen molar-refractivity contribution in [1.29, 1.82) is 0 Å². The van der Waals surface area contributed by atoms with Crippen LogP contribution in [-0.4, -0.2) is 215 Å². The zero-order valence-electron chi connectivity index (χ0n) is 35.9. The van der Waals surface area contributed by atoms with E-state index in [-0.39, 0.29) is 57.8 Å². The molecular weight excluding hydrogens is 790 g/mol. The lowest BCUT2D eigenvalue weighted by Crippen LogP contribution is -2.44. The third-order valence-corrected chi connectivity index (χ3v) is 7.35. The number of carbonyl (C=O) groups is 6. The molecule has 25 heteroatoms. The molecular formula is C34H71N9O16. The molecule has 12 N–H and O–H groups in total. The number of ether oxygens (including phenoxy) is 10. The SMILES string of the molecule is CNC(=O)OCC(COC(=O)NC)OC[C@H](NC)C(N)=O.CN[C@@H](COCC(COC)OC)C(N)=O.CN[C@@H](COCCCNC(=O)COCC(COC)OC)C(N)=O. The van der Waals surface area contributed by atoms with E-state index in [9.17, 15) is 28.8 Å². The molecule has 0 aromatic rings. The molecule has 0 saturated carbocycles. The van der Waals surface area contributed by atoms with Gasteiger partial charge in [-0.3, -0.25) is 19.2 Å². The number of nitrogens with one attached hydrogen (secondary N) is 6. The summed E-state index contributed by atoms with van der Waals surface area (Å²) in [5, 5.41) is 15.4. The van der Waals surface area contributed by atoms with E-state index in [1.165, 1.54) is 14.1 Å². The quantitative estimate of drug-likeness (QED) is 0.0279. The molecule has 2 unspecified atom stereocenters. The largest absolute Gasteiger partial charge is 0.447 e. The molecule has 0 aromatic carbocycles. The highest BCUT2D eigenvalue weighted by Gasteiger charge is 2.20. The fourth-order valence-corrected chi connectivity index (χ4v) is 3.78. The highest BCUT2D eigenvalue weighted by molar-refractivity contribution is 5.80. The second-order valence-electron chi connectivity index (χ2n) is 11.8. The first-order valence-corrected chi connectivity index (χ1v) is 18.4. The second-order valence-corrected chi connectivity index (χ2v) is 11.8. The number of nitrogens with two attached hydrogens (primary N) is 3. The molecule has 0 fully saturated rings. The lowest BCUT2D eigenvalue weighted by Gasteiger charge is -2.20. The number of primary amides is 3. The maximum absolute atomic E-state index is 11.5. The molecule has 0 bridgehead atoms. The topological polar surface area (TPSA) is 345 Å². The van der Waals surface area contributed by atoms with Gasteiger partial charge in [-0.1, -0.05) is 0 Å². The van der Waals surface area contributed by atoms with Gasteiger partial charge in [0.15, 0.2) is 0 Å². The number of methoxy groups -OCH3 is 4. The van der Waals surface area contributed by atoms with E-state index in [4.69, 9.17) is 64.6 Å². The Hall–Kier alpha value is -4.02. The van der Waals surface area contributed by atoms with Crippen LogP contribution in [0.1, 0.15) is 6.42 Å². The summed E-state index contributed by atoms with van der Waals surface area (Å²) in [4.78, 5) is 66.4. The van der Waals surface area contributed by atoms with Gasteiger partial charge < -0.3 is 96.5 Å². The fourth-order valence-electron chi connectivity index (χ4n) is 3.78. The van der Waals surface area contributed by atoms with Crippen LogP contribution in [-0.2, 0) is 66.5 Å². The summed E-state index contributed by atoms with van der Waals surface area (Å²) in [7, 11) is 14.0. The third-order valence-electron chi connectivity index (χ3n) is 7.35. The first-order chi connectivity index (χ1) is 28.1. The number of alkyl carbamates (subject to hydrolysis) is 2. The van der Waals surface area contributed by atoms with E-state index in [0.29, 0.717) is 46.0 Å². The van der Waals surface area contributed by atoms with Crippen molar-refractivity contribution >= 4 is 35.8 Å². The number of hydrogen-bond donors (Lipinski definition) is 9. The molecule has 0 saturated heterocycles. The molecule has 0 aromatic heterocycles. The van der Waals surface area contributed by atoms with Crippen molar-refractivity contribution in [3.05, 3.63) is 0 Å². The van der Waals surface area contributed by atoms with Gasteiger partial charge in [-0.2, -0.15) is 0 Å². The zero-order chi connectivity index (χ0) is 45.4. The summed E-state index contributed by atoms with van der Waals surface area (Å²) in [5.74, 6) is -1.68. The predicted molar refractivity (Wildman–Crippen MR) is 212 cm³/mol. The van der Waals surface area contributed by atoms with Crippen LogP contribution in [0, 0.1) is 0 Å². The maximum atomic E-state index is 11.5. The van der Waals surface area contributed by atoms with E-state index in [1.807, 2.05) is 0 Å². The Bertz CT molecular complexity index is 1100. The Kier molecular flexibility index (Phi) is 40.9. The van der Waals surface area contributed by atoms with Crippen molar-refractivity contribution in [2.75, 3.05) is 143 Å². The maximum Gasteiger partial charge on any atom is 0.406 e. The number of hydrogen-bond acceptors (Lipinski definition) is 19. The van der Waals surface area contributed by atoms with Crippen molar-refractivity contribution in [1.82, 2.24) is 31.9 Å². The van der Waals surface area contributed by atoms with E-state index in [0.717, 1.165) is 0 Å². The molecule has 25 nitrogen and oxygen atoms in total. The lowest BCUT2D eigenvalue weighted by molar-refractivity contribution is -0.127. The van der Waals surface area contributed by atoms with Gasteiger partial charge in [-0.15, -0.1) is 0 Å². The molecule has 0 rings (SSSR count). The van der Waals surface area contributed by atoms with Crippen LogP contribution in [0.2, 0.25) is 0 Å². The fraction of sp³-hybridized carbons (Fsp3) is 0.824. The van der Waals surface area contributed by atoms with Crippen molar-refractivity contribution < 1.29 is 76.1 Å². The van der Waals surface area contributed by atoms with Gasteiger partial charge in [0, 0.05) is 55.7 Å². The van der Waals surface area contributed by atoms with Gasteiger partial charge in [-0.25, -0.2) is 9.59 Å². The highest BCUT2D eigenvalue weighted by atomic mass is 16.6. The summed E-state index contributed by atoms with van der Waals surface area (Å²) >= 11 is 0. The number of rotatable bonds is 33. The first-order valence-electron chi connectivity index (χ1n) is 18.4. The molecule has 59 heavy (non-hydrogen) atoms. The van der Waals surface area contributed by atoms with Gasteiger partial charge in [-0.05, 0) is 27.6 Å². The van der Waals surface area contributed by atoms with Crippen molar-refractivity contribution in [2.24, 2.45) is 17.2 Å². The zero-order valence-corrected chi connectivity index (χ0v) is 35.9. The molecule has 0 radical (unpaired) electrons. The minimum Gasteiger partial charge on any atom is -0.447 e. The van der Waals surface area contributed by atoms with Gasteiger partial charge in [0.25, 0.3) is 0 Å². The molecule has 0 spiro atoms. The summed E-state index contributed by atoms with van der Waals surface area (Å²) in [5.41, 5.74) is 15.4. The van der Waals surface area contributed by atoms with Crippen molar-refractivity contribution in [2.45, 2.75) is 42.9 Å². The van der Waals surface area contributed by atoms with E-state index >= 15 is 0 Å². The molecule has 0 aliphatic carbocycles. The van der Waals surface area contributed by atoms with Crippen LogP contribution in [0.5, 0.6) is 0 Å². The average molecular weight is 862 g/mol. The summed E-state index contributed by atoms with van der Waals surface area (Å²) in [6, 6.07) is -1.67. The van der Waals surface area contributed by atoms with Gasteiger partial charge in [0.1, 0.15) is 56.3 Å². The van der Waals surface area contributed by atoms with Crippen molar-refractivity contribution in [3.63, 3.8) is 0 Å². The van der Waals surface area contributed by atoms with E-state index in [2.05, 4.69) is 31.9 Å².